The third kappa shape index (κ3) is 4.97. The summed E-state index contributed by atoms with van der Waals surface area (Å²) in [7, 11) is 1.79. The fraction of sp³-hybridized carbons (Fsp3) is 0.867. The number of hydrogen-bond acceptors (Lipinski definition) is 4. The minimum atomic E-state index is -0.0861. The standard InChI is InChI=1S/C15H27N3O3.HI/c1-4-21-13(19)12-6-5-7-18(8-12)14(16-3)17-9-15(2)10-20-11-15;/h12H,4-11H2,1-3H3,(H,16,17);1H. The van der Waals surface area contributed by atoms with Gasteiger partial charge in [-0.1, -0.05) is 6.92 Å². The maximum absolute atomic E-state index is 11.9. The Balaban J connectivity index is 0.00000242. The van der Waals surface area contributed by atoms with Crippen molar-refractivity contribution in [3.8, 4) is 0 Å². The molecule has 0 aromatic heterocycles. The zero-order valence-corrected chi connectivity index (χ0v) is 16.1. The molecule has 0 radical (unpaired) electrons. The first-order chi connectivity index (χ1) is 10.1. The van der Waals surface area contributed by atoms with E-state index in [1.54, 1.807) is 7.05 Å². The Bertz CT molecular complexity index is 399. The number of guanidine groups is 1. The van der Waals surface area contributed by atoms with E-state index in [1.165, 1.54) is 0 Å². The molecule has 0 spiro atoms. The van der Waals surface area contributed by atoms with Crippen molar-refractivity contribution < 1.29 is 14.3 Å². The molecule has 2 aliphatic heterocycles. The van der Waals surface area contributed by atoms with E-state index in [9.17, 15) is 4.79 Å². The van der Waals surface area contributed by atoms with E-state index in [2.05, 4.69) is 22.1 Å². The molecule has 2 rings (SSSR count). The largest absolute Gasteiger partial charge is 0.466 e. The van der Waals surface area contributed by atoms with Crippen molar-refractivity contribution in [3.63, 3.8) is 0 Å². The van der Waals surface area contributed by atoms with Gasteiger partial charge in [0.15, 0.2) is 5.96 Å². The van der Waals surface area contributed by atoms with Crippen LogP contribution < -0.4 is 5.32 Å². The lowest BCUT2D eigenvalue weighted by Gasteiger charge is -2.40. The number of ether oxygens (including phenoxy) is 2. The quantitative estimate of drug-likeness (QED) is 0.320. The minimum Gasteiger partial charge on any atom is -0.466 e. The zero-order valence-electron chi connectivity index (χ0n) is 13.8. The summed E-state index contributed by atoms with van der Waals surface area (Å²) in [5, 5.41) is 3.42. The van der Waals surface area contributed by atoms with Crippen molar-refractivity contribution in [3.05, 3.63) is 0 Å². The van der Waals surface area contributed by atoms with Crippen LogP contribution in [0.3, 0.4) is 0 Å². The van der Waals surface area contributed by atoms with Gasteiger partial charge in [-0.3, -0.25) is 9.79 Å². The van der Waals surface area contributed by atoms with Crippen LogP contribution in [-0.2, 0) is 14.3 Å². The summed E-state index contributed by atoms with van der Waals surface area (Å²) in [4.78, 5) is 18.4. The van der Waals surface area contributed by atoms with Crippen LogP contribution in [0.25, 0.3) is 0 Å². The lowest BCUT2D eigenvalue weighted by molar-refractivity contribution is -0.149. The van der Waals surface area contributed by atoms with Crippen LogP contribution in [0, 0.1) is 11.3 Å². The molecule has 22 heavy (non-hydrogen) atoms. The van der Waals surface area contributed by atoms with Crippen LogP contribution in [0.4, 0.5) is 0 Å². The highest BCUT2D eigenvalue weighted by atomic mass is 127. The van der Waals surface area contributed by atoms with Crippen LogP contribution >= 0.6 is 24.0 Å². The predicted octanol–water partition coefficient (Wildman–Crippen LogP) is 1.49. The Morgan fingerprint density at radius 3 is 2.77 bits per heavy atom. The van der Waals surface area contributed by atoms with Crippen molar-refractivity contribution in [1.29, 1.82) is 0 Å². The lowest BCUT2D eigenvalue weighted by atomic mass is 9.89. The number of aliphatic imine (C=N–C) groups is 1. The molecular weight excluding hydrogens is 397 g/mol. The van der Waals surface area contributed by atoms with Crippen LogP contribution in [-0.4, -0.2) is 63.3 Å². The summed E-state index contributed by atoms with van der Waals surface area (Å²) >= 11 is 0. The Hall–Kier alpha value is -0.570. The molecule has 0 aromatic carbocycles. The summed E-state index contributed by atoms with van der Waals surface area (Å²) < 4.78 is 10.4. The van der Waals surface area contributed by atoms with Gasteiger partial charge < -0.3 is 19.7 Å². The molecule has 2 heterocycles. The Morgan fingerprint density at radius 1 is 1.50 bits per heavy atom. The first-order valence-corrected chi connectivity index (χ1v) is 7.78. The maximum Gasteiger partial charge on any atom is 0.310 e. The van der Waals surface area contributed by atoms with Gasteiger partial charge in [0.25, 0.3) is 0 Å². The van der Waals surface area contributed by atoms with Crippen LogP contribution in [0.15, 0.2) is 4.99 Å². The molecule has 0 aromatic rings. The van der Waals surface area contributed by atoms with Gasteiger partial charge in [0.05, 0.1) is 25.7 Å². The molecule has 0 aliphatic carbocycles. The molecule has 1 N–H and O–H groups in total. The van der Waals surface area contributed by atoms with Gasteiger partial charge in [-0.2, -0.15) is 0 Å². The highest BCUT2D eigenvalue weighted by molar-refractivity contribution is 14.0. The first kappa shape index (κ1) is 19.5. The summed E-state index contributed by atoms with van der Waals surface area (Å²) in [6.45, 7) is 8.55. The van der Waals surface area contributed by atoms with Crippen LogP contribution in [0.2, 0.25) is 0 Å². The number of piperidine rings is 1. The number of halogens is 1. The molecule has 0 bridgehead atoms. The van der Waals surface area contributed by atoms with Gasteiger partial charge in [-0.05, 0) is 19.8 Å². The summed E-state index contributed by atoms with van der Waals surface area (Å²) in [5.74, 6) is 0.744. The molecule has 2 saturated heterocycles. The molecule has 0 amide bonds. The van der Waals surface area contributed by atoms with Crippen molar-refractivity contribution in [2.45, 2.75) is 26.7 Å². The maximum atomic E-state index is 11.9. The Kier molecular flexibility index (Phi) is 7.88. The van der Waals surface area contributed by atoms with E-state index >= 15 is 0 Å². The first-order valence-electron chi connectivity index (χ1n) is 7.78. The number of hydrogen-bond donors (Lipinski definition) is 1. The molecule has 6 nitrogen and oxygen atoms in total. The number of nitrogens with one attached hydrogen (secondary N) is 1. The fourth-order valence-corrected chi connectivity index (χ4v) is 2.80. The van der Waals surface area contributed by atoms with Gasteiger partial charge in [0.2, 0.25) is 0 Å². The van der Waals surface area contributed by atoms with Crippen LogP contribution in [0.1, 0.15) is 26.7 Å². The summed E-state index contributed by atoms with van der Waals surface area (Å²) in [5.41, 5.74) is 0.201. The van der Waals surface area contributed by atoms with Gasteiger partial charge in [-0.15, -0.1) is 24.0 Å². The number of carbonyl (C=O) groups is 1. The van der Waals surface area contributed by atoms with E-state index in [0.29, 0.717) is 13.2 Å². The average molecular weight is 425 g/mol. The molecular formula is C15H28IN3O3. The summed E-state index contributed by atoms with van der Waals surface area (Å²) in [6, 6.07) is 0. The summed E-state index contributed by atoms with van der Waals surface area (Å²) in [6.07, 6.45) is 1.89. The Labute approximate surface area is 150 Å². The van der Waals surface area contributed by atoms with Gasteiger partial charge in [0.1, 0.15) is 0 Å². The average Bonchev–Trinajstić information content (AvgIpc) is 2.46. The Morgan fingerprint density at radius 2 is 2.23 bits per heavy atom. The van der Waals surface area contributed by atoms with E-state index < -0.39 is 0 Å². The molecule has 128 valence electrons. The van der Waals surface area contributed by atoms with Crippen molar-refractivity contribution >= 4 is 35.9 Å². The topological polar surface area (TPSA) is 63.2 Å². The number of rotatable bonds is 4. The molecule has 2 aliphatic rings. The molecule has 7 heteroatoms. The molecule has 0 saturated carbocycles. The third-order valence-electron chi connectivity index (χ3n) is 4.13. The van der Waals surface area contributed by atoms with E-state index in [4.69, 9.17) is 9.47 Å². The van der Waals surface area contributed by atoms with Crippen molar-refractivity contribution in [2.75, 3.05) is 46.5 Å². The van der Waals surface area contributed by atoms with Gasteiger partial charge in [-0.25, -0.2) is 0 Å². The van der Waals surface area contributed by atoms with Crippen molar-refractivity contribution in [2.24, 2.45) is 16.3 Å². The third-order valence-corrected chi connectivity index (χ3v) is 4.13. The normalized spacial score (nSPS) is 24.0. The highest BCUT2D eigenvalue weighted by Gasteiger charge is 2.34. The van der Waals surface area contributed by atoms with Crippen molar-refractivity contribution in [1.82, 2.24) is 10.2 Å². The molecule has 2 fully saturated rings. The highest BCUT2D eigenvalue weighted by Crippen LogP contribution is 2.25. The zero-order chi connectivity index (χ0) is 15.3. The monoisotopic (exact) mass is 425 g/mol. The minimum absolute atomic E-state index is 0. The van der Waals surface area contributed by atoms with E-state index in [-0.39, 0.29) is 41.3 Å². The SMILES string of the molecule is CCOC(=O)C1CCCN(C(=NC)NCC2(C)COC2)C1.I. The number of likely N-dealkylation sites (tertiary alicyclic amines) is 1. The number of carbonyl (C=O) groups excluding carboxylic acids is 1. The van der Waals surface area contributed by atoms with E-state index in [0.717, 1.165) is 45.1 Å². The number of esters is 1. The fourth-order valence-electron chi connectivity index (χ4n) is 2.80. The van der Waals surface area contributed by atoms with Crippen LogP contribution in [0.5, 0.6) is 0 Å². The van der Waals surface area contributed by atoms with E-state index in [1.807, 2.05) is 6.92 Å². The number of nitrogens with zero attached hydrogens (tertiary/aromatic N) is 2. The predicted molar refractivity (Wildman–Crippen MR) is 96.6 cm³/mol. The second kappa shape index (κ2) is 8.90. The molecule has 1 unspecified atom stereocenters. The second-order valence-corrected chi connectivity index (χ2v) is 6.24. The smallest absolute Gasteiger partial charge is 0.310 e. The van der Waals surface area contributed by atoms with Gasteiger partial charge >= 0.3 is 5.97 Å². The lowest BCUT2D eigenvalue weighted by Crippen LogP contribution is -2.53. The van der Waals surface area contributed by atoms with Gasteiger partial charge in [0, 0.05) is 32.1 Å². The second-order valence-electron chi connectivity index (χ2n) is 6.24. The molecule has 1 atom stereocenters.